The van der Waals surface area contributed by atoms with Gasteiger partial charge in [0.25, 0.3) is 0 Å². The highest BCUT2D eigenvalue weighted by Gasteiger charge is 2.13. The lowest BCUT2D eigenvalue weighted by Gasteiger charge is -2.19. The number of ether oxygens (including phenoxy) is 1. The van der Waals surface area contributed by atoms with E-state index in [1.807, 2.05) is 30.3 Å². The molecule has 0 fully saturated rings. The Bertz CT molecular complexity index is 573. The Morgan fingerprint density at radius 3 is 2.43 bits per heavy atom. The Kier molecular flexibility index (Phi) is 5.29. The first kappa shape index (κ1) is 15.9. The van der Waals surface area contributed by atoms with Gasteiger partial charge in [-0.15, -0.1) is 0 Å². The van der Waals surface area contributed by atoms with Gasteiger partial charge >= 0.3 is 0 Å². The third kappa shape index (κ3) is 5.09. The minimum Gasteiger partial charge on any atom is -0.492 e. The summed E-state index contributed by atoms with van der Waals surface area (Å²) in [5.74, 6) is 0.931. The summed E-state index contributed by atoms with van der Waals surface area (Å²) in [5.41, 5.74) is 2.54. The second-order valence-corrected chi connectivity index (χ2v) is 6.98. The Morgan fingerprint density at radius 1 is 1.05 bits per heavy atom. The molecule has 0 heterocycles. The lowest BCUT2D eigenvalue weighted by atomic mass is 9.87. The van der Waals surface area contributed by atoms with Gasteiger partial charge in [0.2, 0.25) is 0 Å². The molecule has 112 valence electrons. The number of rotatable bonds is 5. The van der Waals surface area contributed by atoms with Crippen molar-refractivity contribution in [3.8, 4) is 5.75 Å². The zero-order valence-corrected chi connectivity index (χ0v) is 14.4. The van der Waals surface area contributed by atoms with E-state index in [1.54, 1.807) is 0 Å². The van der Waals surface area contributed by atoms with E-state index in [1.165, 1.54) is 5.56 Å². The zero-order chi connectivity index (χ0) is 15.3. The van der Waals surface area contributed by atoms with Crippen LogP contribution in [0.4, 0.5) is 5.69 Å². The van der Waals surface area contributed by atoms with Crippen LogP contribution in [0.1, 0.15) is 26.3 Å². The molecule has 0 saturated heterocycles. The van der Waals surface area contributed by atoms with Crippen molar-refractivity contribution in [3.05, 3.63) is 58.6 Å². The van der Waals surface area contributed by atoms with Crippen molar-refractivity contribution in [3.63, 3.8) is 0 Å². The highest BCUT2D eigenvalue weighted by Crippen LogP contribution is 2.25. The summed E-state index contributed by atoms with van der Waals surface area (Å²) in [6.07, 6.45) is 0. The van der Waals surface area contributed by atoms with Gasteiger partial charge in [-0.3, -0.25) is 0 Å². The summed E-state index contributed by atoms with van der Waals surface area (Å²) in [5, 5.41) is 3.34. The van der Waals surface area contributed by atoms with Crippen LogP contribution in [0, 0.1) is 0 Å². The van der Waals surface area contributed by atoms with E-state index in [0.29, 0.717) is 6.61 Å². The van der Waals surface area contributed by atoms with Crippen LogP contribution in [0.2, 0.25) is 0 Å². The average molecular weight is 348 g/mol. The second-order valence-electron chi connectivity index (χ2n) is 6.06. The largest absolute Gasteiger partial charge is 0.492 e. The Morgan fingerprint density at radius 2 is 1.76 bits per heavy atom. The highest BCUT2D eigenvalue weighted by atomic mass is 79.9. The maximum absolute atomic E-state index is 5.82. The molecule has 0 unspecified atom stereocenters. The fourth-order valence-corrected chi connectivity index (χ4v) is 2.25. The molecule has 0 aromatic heterocycles. The Balaban J connectivity index is 1.82. The molecule has 0 amide bonds. The van der Waals surface area contributed by atoms with Gasteiger partial charge in [-0.1, -0.05) is 48.8 Å². The van der Waals surface area contributed by atoms with Crippen LogP contribution < -0.4 is 10.1 Å². The van der Waals surface area contributed by atoms with Gasteiger partial charge < -0.3 is 10.1 Å². The van der Waals surface area contributed by atoms with Gasteiger partial charge in [-0.25, -0.2) is 0 Å². The van der Waals surface area contributed by atoms with E-state index in [4.69, 9.17) is 4.74 Å². The average Bonchev–Trinajstić information content (AvgIpc) is 2.45. The Labute approximate surface area is 135 Å². The summed E-state index contributed by atoms with van der Waals surface area (Å²) >= 11 is 3.43. The van der Waals surface area contributed by atoms with Crippen LogP contribution in [0.15, 0.2) is 53.0 Å². The summed E-state index contributed by atoms with van der Waals surface area (Å²) in [4.78, 5) is 0. The van der Waals surface area contributed by atoms with Gasteiger partial charge in [0.1, 0.15) is 12.4 Å². The standard InChI is InChI=1S/C18H22BrNO/c1-18(2,3)14-5-4-6-17(13-14)21-12-11-20-16-9-7-15(19)8-10-16/h4-10,13,20H,11-12H2,1-3H3. The third-order valence-electron chi connectivity index (χ3n) is 3.24. The van der Waals surface area contributed by atoms with Crippen molar-refractivity contribution in [2.75, 3.05) is 18.5 Å². The van der Waals surface area contributed by atoms with Crippen LogP contribution in [0.3, 0.4) is 0 Å². The fourth-order valence-electron chi connectivity index (χ4n) is 1.98. The van der Waals surface area contributed by atoms with Crippen molar-refractivity contribution in [2.45, 2.75) is 26.2 Å². The molecule has 2 aromatic rings. The van der Waals surface area contributed by atoms with E-state index in [2.05, 4.69) is 60.2 Å². The van der Waals surface area contributed by atoms with Gasteiger partial charge in [-0.2, -0.15) is 0 Å². The molecule has 21 heavy (non-hydrogen) atoms. The number of hydrogen-bond acceptors (Lipinski definition) is 2. The number of hydrogen-bond donors (Lipinski definition) is 1. The van der Waals surface area contributed by atoms with E-state index < -0.39 is 0 Å². The summed E-state index contributed by atoms with van der Waals surface area (Å²) < 4.78 is 6.90. The van der Waals surface area contributed by atoms with E-state index in [-0.39, 0.29) is 5.41 Å². The lowest BCUT2D eigenvalue weighted by Crippen LogP contribution is -2.13. The quantitative estimate of drug-likeness (QED) is 0.747. The van der Waals surface area contributed by atoms with Crippen LogP contribution >= 0.6 is 15.9 Å². The molecule has 0 radical (unpaired) electrons. The van der Waals surface area contributed by atoms with E-state index in [9.17, 15) is 0 Å². The predicted molar refractivity (Wildman–Crippen MR) is 93.3 cm³/mol. The number of halogens is 1. The van der Waals surface area contributed by atoms with Crippen LogP contribution in [-0.2, 0) is 5.41 Å². The van der Waals surface area contributed by atoms with Crippen molar-refractivity contribution in [1.29, 1.82) is 0 Å². The Hall–Kier alpha value is -1.48. The van der Waals surface area contributed by atoms with Crippen LogP contribution in [0.5, 0.6) is 5.75 Å². The molecular weight excluding hydrogens is 326 g/mol. The van der Waals surface area contributed by atoms with Gasteiger partial charge in [0, 0.05) is 16.7 Å². The number of benzene rings is 2. The number of nitrogens with one attached hydrogen (secondary N) is 1. The first-order valence-electron chi connectivity index (χ1n) is 7.18. The first-order valence-corrected chi connectivity index (χ1v) is 7.97. The predicted octanol–water partition coefficient (Wildman–Crippen LogP) is 5.24. The second kappa shape index (κ2) is 6.99. The summed E-state index contributed by atoms with van der Waals surface area (Å²) in [6, 6.07) is 16.5. The minimum absolute atomic E-state index is 0.148. The topological polar surface area (TPSA) is 21.3 Å². The minimum atomic E-state index is 0.148. The maximum Gasteiger partial charge on any atom is 0.119 e. The molecule has 0 aliphatic carbocycles. The van der Waals surface area contributed by atoms with Crippen LogP contribution in [0.25, 0.3) is 0 Å². The molecule has 0 spiro atoms. The molecule has 2 rings (SSSR count). The normalized spacial score (nSPS) is 11.2. The number of anilines is 1. The van der Waals surface area contributed by atoms with E-state index >= 15 is 0 Å². The van der Waals surface area contributed by atoms with Crippen LogP contribution in [-0.4, -0.2) is 13.2 Å². The third-order valence-corrected chi connectivity index (χ3v) is 3.77. The molecule has 0 saturated carbocycles. The smallest absolute Gasteiger partial charge is 0.119 e. The van der Waals surface area contributed by atoms with Crippen molar-refractivity contribution < 1.29 is 4.74 Å². The lowest BCUT2D eigenvalue weighted by molar-refractivity contribution is 0.332. The summed E-state index contributed by atoms with van der Waals surface area (Å²) in [6.45, 7) is 8.05. The molecular formula is C18H22BrNO. The van der Waals surface area contributed by atoms with Crippen molar-refractivity contribution in [2.24, 2.45) is 0 Å². The fraction of sp³-hybridized carbons (Fsp3) is 0.333. The monoisotopic (exact) mass is 347 g/mol. The van der Waals surface area contributed by atoms with Gasteiger partial charge in [-0.05, 0) is 47.4 Å². The molecule has 0 atom stereocenters. The molecule has 0 aliphatic heterocycles. The highest BCUT2D eigenvalue weighted by molar-refractivity contribution is 9.10. The maximum atomic E-state index is 5.82. The SMILES string of the molecule is CC(C)(C)c1cccc(OCCNc2ccc(Br)cc2)c1. The first-order chi connectivity index (χ1) is 9.95. The van der Waals surface area contributed by atoms with Crippen molar-refractivity contribution >= 4 is 21.6 Å². The molecule has 2 aromatic carbocycles. The molecule has 0 bridgehead atoms. The molecule has 3 heteroatoms. The molecule has 1 N–H and O–H groups in total. The van der Waals surface area contributed by atoms with Gasteiger partial charge in [0.15, 0.2) is 0 Å². The summed E-state index contributed by atoms with van der Waals surface area (Å²) in [7, 11) is 0. The zero-order valence-electron chi connectivity index (χ0n) is 12.8. The van der Waals surface area contributed by atoms with Gasteiger partial charge in [0.05, 0.1) is 0 Å². The van der Waals surface area contributed by atoms with E-state index in [0.717, 1.165) is 22.5 Å². The van der Waals surface area contributed by atoms with Crippen molar-refractivity contribution in [1.82, 2.24) is 0 Å². The molecule has 2 nitrogen and oxygen atoms in total. The molecule has 0 aliphatic rings.